The first-order valence-corrected chi connectivity index (χ1v) is 14.7. The van der Waals surface area contributed by atoms with Crippen molar-refractivity contribution in [2.75, 3.05) is 6.61 Å². The largest absolute Gasteiger partial charge is 0.488 e. The van der Waals surface area contributed by atoms with Crippen LogP contribution in [0.25, 0.3) is 11.1 Å². The van der Waals surface area contributed by atoms with Crippen LogP contribution < -0.4 is 4.74 Å². The van der Waals surface area contributed by atoms with Crippen LogP contribution in [0.2, 0.25) is 0 Å². The summed E-state index contributed by atoms with van der Waals surface area (Å²) in [5, 5.41) is 0. The average molecular weight is 499 g/mol. The molecule has 0 unspecified atom stereocenters. The second-order valence-electron chi connectivity index (χ2n) is 11.0. The van der Waals surface area contributed by atoms with Gasteiger partial charge in [-0.3, -0.25) is 0 Å². The zero-order valence-corrected chi connectivity index (χ0v) is 23.2. The van der Waals surface area contributed by atoms with Crippen molar-refractivity contribution in [2.45, 2.75) is 123 Å². The Bertz CT molecular complexity index is 886. The topological polar surface area (TPSA) is 9.23 Å². The summed E-state index contributed by atoms with van der Waals surface area (Å²) < 4.78 is 34.7. The van der Waals surface area contributed by atoms with E-state index in [0.717, 1.165) is 31.2 Å². The van der Waals surface area contributed by atoms with Crippen molar-refractivity contribution in [3.8, 4) is 16.9 Å². The Kier molecular flexibility index (Phi) is 10.8. The van der Waals surface area contributed by atoms with Crippen LogP contribution in [0.1, 0.15) is 123 Å². The number of benzene rings is 2. The maximum Gasteiger partial charge on any atom is 0.190 e. The second kappa shape index (κ2) is 13.6. The summed E-state index contributed by atoms with van der Waals surface area (Å²) in [5.74, 6) is -1.48. The molecule has 200 valence electrons. The summed E-state index contributed by atoms with van der Waals surface area (Å²) in [7, 11) is 0. The summed E-state index contributed by atoms with van der Waals surface area (Å²) in [4.78, 5) is 0. The van der Waals surface area contributed by atoms with Crippen LogP contribution >= 0.6 is 0 Å². The molecule has 3 heteroatoms. The normalized spacial score (nSPS) is 22.7. The van der Waals surface area contributed by atoms with E-state index in [0.29, 0.717) is 23.0 Å². The first-order chi connectivity index (χ1) is 17.5. The van der Waals surface area contributed by atoms with Crippen molar-refractivity contribution in [1.82, 2.24) is 0 Å². The zero-order valence-electron chi connectivity index (χ0n) is 23.2. The van der Waals surface area contributed by atoms with E-state index in [9.17, 15) is 8.78 Å². The van der Waals surface area contributed by atoms with E-state index in [-0.39, 0.29) is 5.75 Å². The Balaban J connectivity index is 0.00000176. The molecule has 3 fully saturated rings. The van der Waals surface area contributed by atoms with E-state index < -0.39 is 11.6 Å². The lowest BCUT2D eigenvalue weighted by atomic mass is 9.51. The van der Waals surface area contributed by atoms with Crippen molar-refractivity contribution >= 4 is 0 Å². The van der Waals surface area contributed by atoms with Crippen molar-refractivity contribution in [1.29, 1.82) is 0 Å². The summed E-state index contributed by atoms with van der Waals surface area (Å²) in [6.45, 7) is 8.77. The standard InChI is InChI=1S/C31H42F2O.C2H6/c1-3-5-7-9-21-34-29-27(32)22-25(23-28(29)33)24-10-12-26(13-11-24)31-18-15-30(16-19-31,17-20-31)14-8-6-4-2;1-2/h10-13,22-23H,3-9,14-21H2,1-2H3;1-2H3. The fraction of sp³-hybridized carbons (Fsp3) is 0.636. The number of hydrogen-bond donors (Lipinski definition) is 0. The summed E-state index contributed by atoms with van der Waals surface area (Å²) in [5.41, 5.74) is 3.74. The lowest BCUT2D eigenvalue weighted by Crippen LogP contribution is -2.44. The van der Waals surface area contributed by atoms with Gasteiger partial charge in [-0.2, -0.15) is 0 Å². The van der Waals surface area contributed by atoms with E-state index in [1.54, 1.807) is 0 Å². The fourth-order valence-electron chi connectivity index (χ4n) is 6.41. The van der Waals surface area contributed by atoms with Gasteiger partial charge in [0.15, 0.2) is 17.4 Å². The molecule has 0 N–H and O–H groups in total. The third-order valence-corrected chi connectivity index (χ3v) is 8.79. The van der Waals surface area contributed by atoms with Crippen molar-refractivity contribution in [2.24, 2.45) is 5.41 Å². The molecular formula is C33H48F2O. The smallest absolute Gasteiger partial charge is 0.190 e. The molecule has 36 heavy (non-hydrogen) atoms. The molecule has 0 aromatic heterocycles. The number of unbranched alkanes of at least 4 members (excludes halogenated alkanes) is 5. The maximum atomic E-state index is 14.6. The molecule has 0 heterocycles. The fourth-order valence-corrected chi connectivity index (χ4v) is 6.41. The molecule has 0 atom stereocenters. The molecule has 2 aromatic carbocycles. The SMILES string of the molecule is CC.CCCCCCOc1c(F)cc(-c2ccc(C34CCC(CCCCC)(CC3)CC4)cc2)cc1F. The van der Waals surface area contributed by atoms with Gasteiger partial charge < -0.3 is 4.74 Å². The Morgan fingerprint density at radius 1 is 0.694 bits per heavy atom. The minimum absolute atomic E-state index is 0.248. The average Bonchev–Trinajstić information content (AvgIpc) is 2.92. The zero-order chi connectivity index (χ0) is 26.0. The molecule has 2 bridgehead atoms. The lowest BCUT2D eigenvalue weighted by molar-refractivity contribution is 0.0305. The van der Waals surface area contributed by atoms with Crippen molar-refractivity contribution in [3.63, 3.8) is 0 Å². The highest BCUT2D eigenvalue weighted by atomic mass is 19.1. The van der Waals surface area contributed by atoms with E-state index in [2.05, 4.69) is 26.0 Å². The van der Waals surface area contributed by atoms with Crippen LogP contribution in [0, 0.1) is 17.0 Å². The van der Waals surface area contributed by atoms with Gasteiger partial charge in [-0.25, -0.2) is 8.78 Å². The van der Waals surface area contributed by atoms with E-state index in [1.165, 1.54) is 81.9 Å². The van der Waals surface area contributed by atoms with Crippen LogP contribution in [-0.4, -0.2) is 6.61 Å². The van der Waals surface area contributed by atoms with Gasteiger partial charge in [-0.15, -0.1) is 0 Å². The summed E-state index contributed by atoms with van der Waals surface area (Å²) in [6.07, 6.45) is 17.4. The number of halogens is 2. The van der Waals surface area contributed by atoms with Gasteiger partial charge in [-0.1, -0.05) is 90.5 Å². The highest BCUT2D eigenvalue weighted by molar-refractivity contribution is 5.65. The molecule has 0 aliphatic heterocycles. The van der Waals surface area contributed by atoms with Gasteiger partial charge >= 0.3 is 0 Å². The maximum absolute atomic E-state index is 14.6. The van der Waals surface area contributed by atoms with Gasteiger partial charge in [0.2, 0.25) is 0 Å². The predicted molar refractivity (Wildman–Crippen MR) is 149 cm³/mol. The number of rotatable bonds is 12. The van der Waals surface area contributed by atoms with E-state index in [4.69, 9.17) is 4.74 Å². The van der Waals surface area contributed by atoms with Crippen LogP contribution in [-0.2, 0) is 5.41 Å². The molecule has 0 radical (unpaired) electrons. The van der Waals surface area contributed by atoms with Gasteiger partial charge in [0.05, 0.1) is 6.61 Å². The first-order valence-electron chi connectivity index (χ1n) is 14.7. The molecule has 2 aromatic rings. The van der Waals surface area contributed by atoms with Gasteiger partial charge in [0, 0.05) is 0 Å². The van der Waals surface area contributed by atoms with Gasteiger partial charge in [-0.05, 0) is 91.0 Å². The van der Waals surface area contributed by atoms with Crippen molar-refractivity contribution in [3.05, 3.63) is 53.6 Å². The minimum Gasteiger partial charge on any atom is -0.488 e. The molecular weight excluding hydrogens is 450 g/mol. The molecule has 0 spiro atoms. The lowest BCUT2D eigenvalue weighted by Gasteiger charge is -2.54. The Hall–Kier alpha value is -1.90. The van der Waals surface area contributed by atoms with E-state index in [1.807, 2.05) is 26.0 Å². The van der Waals surface area contributed by atoms with Crippen molar-refractivity contribution < 1.29 is 13.5 Å². The second-order valence-corrected chi connectivity index (χ2v) is 11.0. The van der Waals surface area contributed by atoms with Crippen LogP contribution in [0.15, 0.2) is 36.4 Å². The molecule has 5 rings (SSSR count). The molecule has 0 saturated heterocycles. The first kappa shape index (κ1) is 28.7. The predicted octanol–water partition coefficient (Wildman–Crippen LogP) is 10.8. The third-order valence-electron chi connectivity index (χ3n) is 8.79. The van der Waals surface area contributed by atoms with Crippen LogP contribution in [0.3, 0.4) is 0 Å². The number of ether oxygens (including phenoxy) is 1. The van der Waals surface area contributed by atoms with Crippen LogP contribution in [0.5, 0.6) is 5.75 Å². The minimum atomic E-state index is -0.618. The molecule has 3 saturated carbocycles. The Morgan fingerprint density at radius 3 is 1.81 bits per heavy atom. The highest BCUT2D eigenvalue weighted by Gasteiger charge is 2.48. The monoisotopic (exact) mass is 498 g/mol. The third kappa shape index (κ3) is 6.69. The van der Waals surface area contributed by atoms with E-state index >= 15 is 0 Å². The number of hydrogen-bond acceptors (Lipinski definition) is 1. The summed E-state index contributed by atoms with van der Waals surface area (Å²) in [6, 6.07) is 11.3. The van der Waals surface area contributed by atoms with Crippen LogP contribution in [0.4, 0.5) is 8.78 Å². The molecule has 0 amide bonds. The van der Waals surface area contributed by atoms with Gasteiger partial charge in [0.25, 0.3) is 0 Å². The highest BCUT2D eigenvalue weighted by Crippen LogP contribution is 2.59. The molecule has 3 aliphatic rings. The number of fused-ring (bicyclic) bond motifs is 3. The molecule has 3 aliphatic carbocycles. The van der Waals surface area contributed by atoms with Gasteiger partial charge in [0.1, 0.15) is 0 Å². The Morgan fingerprint density at radius 2 is 1.25 bits per heavy atom. The quantitative estimate of drug-likeness (QED) is 0.264. The summed E-state index contributed by atoms with van der Waals surface area (Å²) >= 11 is 0. The molecule has 1 nitrogen and oxygen atoms in total. The Labute approximate surface area is 219 Å².